The Labute approximate surface area is 286 Å². The van der Waals surface area contributed by atoms with Gasteiger partial charge in [0.25, 0.3) is 0 Å². The van der Waals surface area contributed by atoms with E-state index in [0.717, 1.165) is 51.0 Å². The predicted molar refractivity (Wildman–Crippen MR) is 153 cm³/mol. The van der Waals surface area contributed by atoms with Gasteiger partial charge >= 0.3 is 47.6 Å². The maximum atomic E-state index is 14.6. The zero-order valence-electron chi connectivity index (χ0n) is 27.1. The van der Waals surface area contributed by atoms with Crippen molar-refractivity contribution in [3.63, 3.8) is 0 Å². The summed E-state index contributed by atoms with van der Waals surface area (Å²) in [5.74, 6) is -59.1. The summed E-state index contributed by atoms with van der Waals surface area (Å²) in [5.41, 5.74) is -3.02. The molecule has 296 valence electrons. The highest BCUT2D eigenvalue weighted by Crippen LogP contribution is 2.65. The Morgan fingerprint density at radius 3 is 1.35 bits per heavy atom. The average Bonchev–Trinajstić information content (AvgIpc) is 3.04. The number of carbonyl (C=O) groups excluding carboxylic acids is 1. The predicted octanol–water partition coefficient (Wildman–Crippen LogP) is 12.6. The summed E-state index contributed by atoms with van der Waals surface area (Å²) in [6, 6.07) is 3.66. The number of carbonyl (C=O) groups is 1. The number of aromatic hydroxyl groups is 1. The molecule has 0 unspecified atom stereocenters. The summed E-state index contributed by atoms with van der Waals surface area (Å²) in [6.07, 6.45) is 3.24. The average molecular weight is 785 g/mol. The normalized spacial score (nSPS) is 14.2. The van der Waals surface area contributed by atoms with Crippen molar-refractivity contribution < 1.29 is 84.5 Å². The van der Waals surface area contributed by atoms with Crippen molar-refractivity contribution in [3.05, 3.63) is 64.7 Å². The summed E-state index contributed by atoms with van der Waals surface area (Å²) in [4.78, 5) is 12.8. The van der Waals surface area contributed by atoms with E-state index >= 15 is 0 Å². The Morgan fingerprint density at radius 2 is 0.923 bits per heavy atom. The van der Waals surface area contributed by atoms with Crippen molar-refractivity contribution in [2.75, 3.05) is 0 Å². The van der Waals surface area contributed by atoms with E-state index < -0.39 is 75.9 Å². The molecule has 0 aliphatic carbocycles. The van der Waals surface area contributed by atoms with Gasteiger partial charge in [0.1, 0.15) is 5.75 Å². The van der Waals surface area contributed by atoms with Crippen LogP contribution in [0.5, 0.6) is 5.75 Å². The first-order valence-corrected chi connectivity index (χ1v) is 15.8. The molecule has 52 heavy (non-hydrogen) atoms. The van der Waals surface area contributed by atoms with Crippen LogP contribution in [0.25, 0.3) is 0 Å². The van der Waals surface area contributed by atoms with Gasteiger partial charge in [0.05, 0.1) is 5.56 Å². The molecule has 2 nitrogen and oxygen atoms in total. The number of halogens is 17. The first-order valence-electron chi connectivity index (χ1n) is 15.8. The van der Waals surface area contributed by atoms with Gasteiger partial charge in [-0.2, -0.15) is 74.6 Å². The number of ketones is 1. The van der Waals surface area contributed by atoms with Crippen LogP contribution in [-0.4, -0.2) is 52.6 Å². The Hall–Kier alpha value is -3.28. The first-order chi connectivity index (χ1) is 23.6. The number of rotatable bonds is 20. The topological polar surface area (TPSA) is 37.3 Å². The minimum absolute atomic E-state index is 0.224. The van der Waals surface area contributed by atoms with E-state index in [-0.39, 0.29) is 24.3 Å². The van der Waals surface area contributed by atoms with Crippen LogP contribution in [0.3, 0.4) is 0 Å². The van der Waals surface area contributed by atoms with Crippen LogP contribution in [0, 0.1) is 0 Å². The Morgan fingerprint density at radius 1 is 0.519 bits per heavy atom. The van der Waals surface area contributed by atoms with Crippen LogP contribution in [0.2, 0.25) is 0 Å². The quantitative estimate of drug-likeness (QED) is 0.0825. The van der Waals surface area contributed by atoms with Gasteiger partial charge in [0.15, 0.2) is 5.78 Å². The second kappa shape index (κ2) is 16.0. The van der Waals surface area contributed by atoms with Crippen LogP contribution < -0.4 is 0 Å². The molecule has 2 aromatic rings. The lowest BCUT2D eigenvalue weighted by atomic mass is 9.87. The van der Waals surface area contributed by atoms with Crippen LogP contribution in [0.1, 0.15) is 98.2 Å². The highest BCUT2D eigenvalue weighted by molar-refractivity contribution is 6.10. The fraction of sp³-hybridized carbons (Fsp3) is 0.606. The van der Waals surface area contributed by atoms with Gasteiger partial charge < -0.3 is 5.11 Å². The molecule has 0 fully saturated rings. The van der Waals surface area contributed by atoms with Gasteiger partial charge in [-0.05, 0) is 30.5 Å². The number of alkyl halides is 17. The van der Waals surface area contributed by atoms with Gasteiger partial charge in [0, 0.05) is 11.1 Å². The first kappa shape index (κ1) is 44.9. The minimum atomic E-state index is -8.72. The molecule has 0 saturated carbocycles. The summed E-state index contributed by atoms with van der Waals surface area (Å²) < 4.78 is 231. The van der Waals surface area contributed by atoms with Crippen molar-refractivity contribution >= 4 is 5.78 Å². The van der Waals surface area contributed by atoms with Crippen molar-refractivity contribution in [1.82, 2.24) is 0 Å². The van der Waals surface area contributed by atoms with Crippen LogP contribution >= 0.6 is 0 Å². The van der Waals surface area contributed by atoms with Gasteiger partial charge in [-0.3, -0.25) is 4.79 Å². The Bertz CT molecular complexity index is 1480. The molecule has 0 amide bonds. The van der Waals surface area contributed by atoms with E-state index in [2.05, 4.69) is 6.92 Å². The van der Waals surface area contributed by atoms with Crippen LogP contribution in [0.15, 0.2) is 42.5 Å². The fourth-order valence-electron chi connectivity index (χ4n) is 5.07. The summed E-state index contributed by atoms with van der Waals surface area (Å²) in [5, 5.41) is 10.3. The molecular formula is C33H33F17O2. The van der Waals surface area contributed by atoms with Crippen molar-refractivity contribution in [2.24, 2.45) is 0 Å². The highest BCUT2D eigenvalue weighted by atomic mass is 19.4. The Kier molecular flexibility index (Phi) is 13.8. The van der Waals surface area contributed by atoms with Crippen molar-refractivity contribution in [2.45, 2.75) is 125 Å². The molecule has 19 heteroatoms. The third-order valence-corrected chi connectivity index (χ3v) is 8.36. The lowest BCUT2D eigenvalue weighted by Gasteiger charge is -2.42. The molecule has 0 radical (unpaired) electrons. The van der Waals surface area contributed by atoms with Crippen molar-refractivity contribution in [1.29, 1.82) is 0 Å². The largest absolute Gasteiger partial charge is 0.507 e. The number of hydrogen-bond donors (Lipinski definition) is 1. The maximum absolute atomic E-state index is 14.6. The monoisotopic (exact) mass is 784 g/mol. The Balaban J connectivity index is 2.22. The molecule has 0 bridgehead atoms. The molecule has 0 aliphatic rings. The lowest BCUT2D eigenvalue weighted by molar-refractivity contribution is -0.462. The molecule has 0 saturated heterocycles. The number of hydrogen-bond acceptors (Lipinski definition) is 2. The minimum Gasteiger partial charge on any atom is -0.507 e. The van der Waals surface area contributed by atoms with Crippen LogP contribution in [-0.2, 0) is 12.3 Å². The van der Waals surface area contributed by atoms with Gasteiger partial charge in [-0.25, -0.2) is 0 Å². The molecule has 1 N–H and O–H groups in total. The number of phenols is 1. The van der Waals surface area contributed by atoms with Crippen molar-refractivity contribution in [3.8, 4) is 5.75 Å². The second-order valence-electron chi connectivity index (χ2n) is 12.2. The van der Waals surface area contributed by atoms with Gasteiger partial charge in [-0.1, -0.05) is 95.0 Å². The zero-order valence-corrected chi connectivity index (χ0v) is 27.1. The molecule has 2 aromatic carbocycles. The van der Waals surface area contributed by atoms with Crippen LogP contribution in [0.4, 0.5) is 74.6 Å². The van der Waals surface area contributed by atoms with E-state index in [1.54, 1.807) is 0 Å². The molecule has 2 rings (SSSR count). The summed E-state index contributed by atoms with van der Waals surface area (Å²) in [7, 11) is 0. The number of unbranched alkanes of at least 4 members (excludes halogenated alkanes) is 9. The van der Waals surface area contributed by atoms with E-state index in [0.29, 0.717) is 12.0 Å². The highest BCUT2D eigenvalue weighted by Gasteiger charge is 2.95. The SMILES string of the molecule is CCCCCCCCCCCCc1ccc(C(=O)c2ccc(C(F)(F)C(F)(F)C(F)(F)C(F)(F)C(F)(F)C(F)(F)C(F)(F)C(F)(F)F)cc2)c(O)c1. The lowest BCUT2D eigenvalue weighted by Crippen LogP contribution is -2.74. The van der Waals surface area contributed by atoms with Gasteiger partial charge in [-0.15, -0.1) is 0 Å². The zero-order chi connectivity index (χ0) is 40.2. The van der Waals surface area contributed by atoms with E-state index in [1.165, 1.54) is 31.4 Å². The smallest absolute Gasteiger partial charge is 0.460 e. The summed E-state index contributed by atoms with van der Waals surface area (Å²) in [6.45, 7) is 2.12. The standard InChI is InChI=1S/C33H33F17O2/c1-2-3-4-5-6-7-8-9-10-11-12-20-13-18-23(24(51)19-20)25(52)21-14-16-22(17-15-21)26(34,35)27(36,37)28(38,39)29(40,41)30(42,43)31(44,45)32(46,47)33(48,49)50/h13-19,51H,2-12H2,1H3. The maximum Gasteiger partial charge on any atom is 0.460 e. The third kappa shape index (κ3) is 8.26. The molecule has 0 aliphatic heterocycles. The number of phenolic OH excluding ortho intramolecular Hbond substituents is 1. The molecule has 0 spiro atoms. The molecule has 0 heterocycles. The molecular weight excluding hydrogens is 751 g/mol. The van der Waals surface area contributed by atoms with Gasteiger partial charge in [0.2, 0.25) is 0 Å². The number of benzene rings is 2. The number of aryl methyl sites for hydroxylation is 1. The molecule has 0 aromatic heterocycles. The van der Waals surface area contributed by atoms with E-state index in [9.17, 15) is 84.5 Å². The second-order valence-corrected chi connectivity index (χ2v) is 12.2. The fourth-order valence-corrected chi connectivity index (χ4v) is 5.07. The molecule has 0 atom stereocenters. The van der Waals surface area contributed by atoms with E-state index in [4.69, 9.17) is 0 Å². The van der Waals surface area contributed by atoms with E-state index in [1.807, 2.05) is 0 Å². The summed E-state index contributed by atoms with van der Waals surface area (Å²) >= 11 is 0. The third-order valence-electron chi connectivity index (χ3n) is 8.36.